The van der Waals surface area contributed by atoms with Crippen molar-refractivity contribution in [1.29, 1.82) is 5.41 Å². The van der Waals surface area contributed by atoms with Gasteiger partial charge in [0.05, 0.1) is 5.57 Å². The Hall–Kier alpha value is -3.78. The van der Waals surface area contributed by atoms with Gasteiger partial charge in [-0.25, -0.2) is 4.39 Å². The van der Waals surface area contributed by atoms with Gasteiger partial charge in [0.1, 0.15) is 10.9 Å². The third kappa shape index (κ3) is 3.82. The number of hydrogen-bond donors (Lipinski definition) is 1. The minimum Gasteiger partial charge on any atom is -0.344 e. The number of carbonyl (C=O) groups is 1. The number of halogens is 1. The molecule has 0 fully saturated rings. The second kappa shape index (κ2) is 8.29. The summed E-state index contributed by atoms with van der Waals surface area (Å²) in [6.45, 7) is 4.73. The van der Waals surface area contributed by atoms with Crippen molar-refractivity contribution in [3.05, 3.63) is 100 Å². The Morgan fingerprint density at radius 1 is 1.09 bits per heavy atom. The molecule has 0 saturated heterocycles. The van der Waals surface area contributed by atoms with Crippen molar-refractivity contribution in [3.63, 3.8) is 0 Å². The molecule has 164 valence electrons. The van der Waals surface area contributed by atoms with Crippen LogP contribution in [0.1, 0.15) is 28.1 Å². The van der Waals surface area contributed by atoms with Crippen molar-refractivity contribution in [2.24, 2.45) is 10.1 Å². The third-order valence-electron chi connectivity index (χ3n) is 5.65. The average Bonchev–Trinajstić information content (AvgIpc) is 3.34. The molecule has 0 spiro atoms. The van der Waals surface area contributed by atoms with E-state index in [9.17, 15) is 9.18 Å². The smallest absolute Gasteiger partial charge is 0.283 e. The summed E-state index contributed by atoms with van der Waals surface area (Å²) in [5.74, 6) is -0.989. The number of benzene rings is 2. The van der Waals surface area contributed by atoms with Gasteiger partial charge in [-0.15, -0.1) is 0 Å². The highest BCUT2D eigenvalue weighted by Crippen LogP contribution is 2.32. The first-order valence-corrected chi connectivity index (χ1v) is 11.2. The molecule has 1 amide bonds. The number of nitrogens with zero attached hydrogens (tertiary/aromatic N) is 4. The van der Waals surface area contributed by atoms with E-state index in [-0.39, 0.29) is 16.6 Å². The maximum Gasteiger partial charge on any atom is 0.283 e. The zero-order chi connectivity index (χ0) is 23.1. The second-order valence-corrected chi connectivity index (χ2v) is 8.76. The highest BCUT2D eigenvalue weighted by molar-refractivity contribution is 8.27. The first-order valence-electron chi connectivity index (χ1n) is 10.4. The molecule has 0 saturated carbocycles. The van der Waals surface area contributed by atoms with E-state index >= 15 is 0 Å². The van der Waals surface area contributed by atoms with Gasteiger partial charge in [0.25, 0.3) is 5.91 Å². The van der Waals surface area contributed by atoms with Crippen LogP contribution in [0.5, 0.6) is 0 Å². The Balaban J connectivity index is 1.47. The highest BCUT2D eigenvalue weighted by Gasteiger charge is 2.36. The molecule has 1 N–H and O–H groups in total. The Morgan fingerprint density at radius 3 is 2.58 bits per heavy atom. The molecule has 0 radical (unpaired) electrons. The Kier molecular flexibility index (Phi) is 5.30. The third-order valence-corrected chi connectivity index (χ3v) is 6.60. The van der Waals surface area contributed by atoms with Crippen molar-refractivity contribution < 1.29 is 9.18 Å². The lowest BCUT2D eigenvalue weighted by atomic mass is 10.1. The standard InChI is InChI=1S/C25H20FN5OS/c1-15-12-18(16(2)30(15)14-17-8-4-3-5-9-17)13-20-22(27)31-25(28-23(20)32)33-24(29-31)19-10-6-7-11-21(19)26/h3-13,27H,14H2,1-2H3. The van der Waals surface area contributed by atoms with E-state index in [0.29, 0.717) is 17.2 Å². The quantitative estimate of drug-likeness (QED) is 0.563. The van der Waals surface area contributed by atoms with Crippen LogP contribution in [-0.4, -0.2) is 31.5 Å². The van der Waals surface area contributed by atoms with Crippen LogP contribution in [-0.2, 0) is 11.3 Å². The van der Waals surface area contributed by atoms with Crippen LogP contribution in [0.25, 0.3) is 6.08 Å². The molecule has 8 heteroatoms. The van der Waals surface area contributed by atoms with E-state index < -0.39 is 11.7 Å². The van der Waals surface area contributed by atoms with Crippen LogP contribution < -0.4 is 0 Å². The summed E-state index contributed by atoms with van der Waals surface area (Å²) in [5, 5.41) is 14.9. The number of aromatic nitrogens is 1. The summed E-state index contributed by atoms with van der Waals surface area (Å²) in [6.07, 6.45) is 1.69. The molecule has 1 aromatic heterocycles. The van der Waals surface area contributed by atoms with Crippen LogP contribution in [0.4, 0.5) is 4.39 Å². The molecule has 0 aliphatic carbocycles. The minimum atomic E-state index is -0.503. The van der Waals surface area contributed by atoms with Gasteiger partial charge in [-0.05, 0) is 61.0 Å². The SMILES string of the molecule is Cc1cc(C=C2C(=N)N3N=C(c4ccccc4F)SC3=NC2=O)c(C)n1Cc1ccccc1. The lowest BCUT2D eigenvalue weighted by Crippen LogP contribution is -2.35. The minimum absolute atomic E-state index is 0.0725. The monoisotopic (exact) mass is 457 g/mol. The van der Waals surface area contributed by atoms with Crippen LogP contribution in [0.15, 0.2) is 76.3 Å². The highest BCUT2D eigenvalue weighted by atomic mass is 32.2. The number of nitrogens with one attached hydrogen (secondary N) is 1. The zero-order valence-corrected chi connectivity index (χ0v) is 18.9. The first-order chi connectivity index (χ1) is 15.9. The van der Waals surface area contributed by atoms with Gasteiger partial charge in [-0.1, -0.05) is 42.5 Å². The number of rotatable bonds is 4. The fourth-order valence-electron chi connectivity index (χ4n) is 3.87. The number of carbonyl (C=O) groups excluding carboxylic acids is 1. The predicted octanol–water partition coefficient (Wildman–Crippen LogP) is 4.96. The van der Waals surface area contributed by atoms with Gasteiger partial charge in [0.2, 0.25) is 5.17 Å². The topological polar surface area (TPSA) is 73.8 Å². The summed E-state index contributed by atoms with van der Waals surface area (Å²) in [5.41, 5.74) is 4.54. The van der Waals surface area contributed by atoms with Gasteiger partial charge >= 0.3 is 0 Å². The Bertz CT molecular complexity index is 1390. The largest absolute Gasteiger partial charge is 0.344 e. The molecule has 6 nitrogen and oxygen atoms in total. The number of amides is 1. The molecule has 5 rings (SSSR count). The molecular weight excluding hydrogens is 437 g/mol. The molecule has 0 unspecified atom stereocenters. The summed E-state index contributed by atoms with van der Waals surface area (Å²) < 4.78 is 16.4. The lowest BCUT2D eigenvalue weighted by molar-refractivity contribution is -0.114. The van der Waals surface area contributed by atoms with Crippen molar-refractivity contribution in [2.45, 2.75) is 20.4 Å². The normalized spacial score (nSPS) is 16.8. The maximum atomic E-state index is 14.2. The summed E-state index contributed by atoms with van der Waals surface area (Å²) in [7, 11) is 0. The van der Waals surface area contributed by atoms with E-state index in [1.165, 1.54) is 16.6 Å². The van der Waals surface area contributed by atoms with Crippen molar-refractivity contribution in [2.75, 3.05) is 0 Å². The molecule has 0 atom stereocenters. The molecule has 2 aromatic carbocycles. The molecular formula is C25H20FN5OS. The number of aliphatic imine (C=N–C) groups is 1. The van der Waals surface area contributed by atoms with Gasteiger partial charge in [-0.2, -0.15) is 15.1 Å². The van der Waals surface area contributed by atoms with Crippen LogP contribution in [0, 0.1) is 25.1 Å². The van der Waals surface area contributed by atoms with Gasteiger partial charge in [-0.3, -0.25) is 10.2 Å². The van der Waals surface area contributed by atoms with Gasteiger partial charge in [0.15, 0.2) is 5.84 Å². The summed E-state index contributed by atoms with van der Waals surface area (Å²) >= 11 is 1.08. The average molecular weight is 458 g/mol. The molecule has 3 heterocycles. The fraction of sp³-hybridized carbons (Fsp3) is 0.120. The Morgan fingerprint density at radius 2 is 1.82 bits per heavy atom. The van der Waals surface area contributed by atoms with Gasteiger partial charge in [0, 0.05) is 23.5 Å². The predicted molar refractivity (Wildman–Crippen MR) is 130 cm³/mol. The Labute approximate surface area is 194 Å². The van der Waals surface area contributed by atoms with E-state index in [1.54, 1.807) is 24.3 Å². The number of hydrazone groups is 1. The molecule has 3 aromatic rings. The van der Waals surface area contributed by atoms with Crippen molar-refractivity contribution in [1.82, 2.24) is 9.58 Å². The van der Waals surface area contributed by atoms with E-state index in [2.05, 4.69) is 26.8 Å². The van der Waals surface area contributed by atoms with Crippen LogP contribution in [0.2, 0.25) is 0 Å². The maximum absolute atomic E-state index is 14.2. The van der Waals surface area contributed by atoms with Crippen LogP contribution in [0.3, 0.4) is 0 Å². The van der Waals surface area contributed by atoms with Crippen molar-refractivity contribution in [3.8, 4) is 0 Å². The van der Waals surface area contributed by atoms with E-state index in [0.717, 1.165) is 28.7 Å². The lowest BCUT2D eigenvalue weighted by Gasteiger charge is -2.20. The van der Waals surface area contributed by atoms with Crippen LogP contribution >= 0.6 is 11.8 Å². The number of thioether (sulfide) groups is 1. The van der Waals surface area contributed by atoms with E-state index in [4.69, 9.17) is 5.41 Å². The number of aryl methyl sites for hydroxylation is 1. The first kappa shape index (κ1) is 21.1. The molecule has 33 heavy (non-hydrogen) atoms. The van der Waals surface area contributed by atoms with Gasteiger partial charge < -0.3 is 4.57 Å². The number of hydrogen-bond acceptors (Lipinski definition) is 4. The molecule has 2 aliphatic rings. The number of fused-ring (bicyclic) bond motifs is 1. The second-order valence-electron chi connectivity index (χ2n) is 7.80. The molecule has 2 aliphatic heterocycles. The summed E-state index contributed by atoms with van der Waals surface area (Å²) in [4.78, 5) is 16.9. The fourth-order valence-corrected chi connectivity index (χ4v) is 4.79. The van der Waals surface area contributed by atoms with Crippen molar-refractivity contribution >= 4 is 39.8 Å². The van der Waals surface area contributed by atoms with E-state index in [1.807, 2.05) is 38.1 Å². The molecule has 0 bridgehead atoms. The summed E-state index contributed by atoms with van der Waals surface area (Å²) in [6, 6.07) is 18.4. The zero-order valence-electron chi connectivity index (χ0n) is 18.0. The number of amidine groups is 2.